The molecular formula is C14H26F3N3O. The van der Waals surface area contributed by atoms with Crippen molar-refractivity contribution in [1.29, 1.82) is 0 Å². The molecule has 2 unspecified atom stereocenters. The summed E-state index contributed by atoms with van der Waals surface area (Å²) in [4.78, 5) is 13.5. The van der Waals surface area contributed by atoms with E-state index in [0.717, 1.165) is 12.8 Å². The molecule has 1 aliphatic carbocycles. The minimum atomic E-state index is -4.12. The van der Waals surface area contributed by atoms with Crippen LogP contribution >= 0.6 is 0 Å². The fourth-order valence-corrected chi connectivity index (χ4v) is 3.23. The molecule has 4 nitrogen and oxygen atoms in total. The average molecular weight is 309 g/mol. The Hall–Kier alpha value is -0.820. The summed E-state index contributed by atoms with van der Waals surface area (Å²) in [5.41, 5.74) is 4.89. The highest BCUT2D eigenvalue weighted by molar-refractivity contribution is 5.85. The van der Waals surface area contributed by atoms with Gasteiger partial charge in [0, 0.05) is 6.54 Å². The van der Waals surface area contributed by atoms with Gasteiger partial charge >= 0.3 is 6.18 Å². The van der Waals surface area contributed by atoms with Crippen LogP contribution in [0.2, 0.25) is 0 Å². The van der Waals surface area contributed by atoms with Crippen molar-refractivity contribution in [2.24, 2.45) is 11.7 Å². The zero-order valence-electron chi connectivity index (χ0n) is 12.8. The number of nitrogens with one attached hydrogen (secondary N) is 1. The topological polar surface area (TPSA) is 58.4 Å². The number of alkyl halides is 3. The normalized spacial score (nSPS) is 26.5. The van der Waals surface area contributed by atoms with Crippen LogP contribution in [-0.4, -0.2) is 49.2 Å². The Labute approximate surface area is 124 Å². The van der Waals surface area contributed by atoms with Gasteiger partial charge in [-0.15, -0.1) is 0 Å². The molecule has 0 radical (unpaired) electrons. The number of halogens is 3. The minimum Gasteiger partial charge on any atom is -0.368 e. The summed E-state index contributed by atoms with van der Waals surface area (Å²) < 4.78 is 36.6. The lowest BCUT2D eigenvalue weighted by Gasteiger charge is -2.34. The first kappa shape index (κ1) is 18.2. The molecule has 124 valence electrons. The zero-order valence-corrected chi connectivity index (χ0v) is 12.8. The summed E-state index contributed by atoms with van der Waals surface area (Å²) >= 11 is 0. The molecule has 1 fully saturated rings. The highest BCUT2D eigenvalue weighted by atomic mass is 19.4. The molecule has 21 heavy (non-hydrogen) atoms. The SMILES string of the molecule is CCNC1(C(N)=O)CCCC1CCN(C)CCC(F)(F)F. The molecule has 0 spiro atoms. The third kappa shape index (κ3) is 5.14. The monoisotopic (exact) mass is 309 g/mol. The zero-order chi connectivity index (χ0) is 16.1. The maximum atomic E-state index is 12.2. The highest BCUT2D eigenvalue weighted by Crippen LogP contribution is 2.38. The van der Waals surface area contributed by atoms with E-state index in [4.69, 9.17) is 5.73 Å². The van der Waals surface area contributed by atoms with Gasteiger partial charge in [0.25, 0.3) is 0 Å². The van der Waals surface area contributed by atoms with E-state index in [1.165, 1.54) is 0 Å². The predicted octanol–water partition coefficient (Wildman–Crippen LogP) is 1.89. The molecule has 2 atom stereocenters. The standard InChI is InChI=1S/C14H26F3N3O/c1-3-19-13(12(18)21)7-4-5-11(13)6-9-20(2)10-8-14(15,16)17/h11,19H,3-10H2,1-2H3,(H2,18,21). The summed E-state index contributed by atoms with van der Waals surface area (Å²) in [6, 6.07) is 0. The van der Waals surface area contributed by atoms with E-state index in [-0.39, 0.29) is 18.4 Å². The summed E-state index contributed by atoms with van der Waals surface area (Å²) in [6.07, 6.45) is -1.71. The van der Waals surface area contributed by atoms with Gasteiger partial charge in [0.2, 0.25) is 5.91 Å². The number of nitrogens with two attached hydrogens (primary N) is 1. The molecule has 0 aromatic rings. The van der Waals surface area contributed by atoms with Crippen molar-refractivity contribution in [3.8, 4) is 0 Å². The van der Waals surface area contributed by atoms with Gasteiger partial charge in [-0.25, -0.2) is 0 Å². The molecule has 3 N–H and O–H groups in total. The Kier molecular flexibility index (Phi) is 6.46. The van der Waals surface area contributed by atoms with Gasteiger partial charge in [-0.05, 0) is 45.3 Å². The second-order valence-electron chi connectivity index (χ2n) is 5.91. The quantitative estimate of drug-likeness (QED) is 0.720. The van der Waals surface area contributed by atoms with E-state index in [1.54, 1.807) is 11.9 Å². The lowest BCUT2D eigenvalue weighted by Crippen LogP contribution is -2.58. The predicted molar refractivity (Wildman–Crippen MR) is 75.7 cm³/mol. The van der Waals surface area contributed by atoms with Crippen molar-refractivity contribution >= 4 is 5.91 Å². The van der Waals surface area contributed by atoms with Gasteiger partial charge in [0.05, 0.1) is 6.42 Å². The number of hydrogen-bond acceptors (Lipinski definition) is 3. The molecule has 7 heteroatoms. The Bertz CT molecular complexity index is 349. The van der Waals surface area contributed by atoms with Crippen molar-refractivity contribution in [1.82, 2.24) is 10.2 Å². The molecule has 0 bridgehead atoms. The third-order valence-electron chi connectivity index (χ3n) is 4.39. The number of carbonyl (C=O) groups is 1. The Morgan fingerprint density at radius 3 is 2.62 bits per heavy atom. The van der Waals surface area contributed by atoms with Crippen LogP contribution in [-0.2, 0) is 4.79 Å². The third-order valence-corrected chi connectivity index (χ3v) is 4.39. The molecule has 1 aliphatic rings. The Balaban J connectivity index is 2.51. The first-order chi connectivity index (χ1) is 9.71. The number of hydrogen-bond donors (Lipinski definition) is 2. The van der Waals surface area contributed by atoms with Gasteiger partial charge in [-0.2, -0.15) is 13.2 Å². The summed E-state index contributed by atoms with van der Waals surface area (Å²) in [7, 11) is 1.68. The minimum absolute atomic E-state index is 0.0129. The number of carbonyl (C=O) groups excluding carboxylic acids is 1. The van der Waals surface area contributed by atoms with E-state index in [9.17, 15) is 18.0 Å². The van der Waals surface area contributed by atoms with E-state index in [2.05, 4.69) is 5.32 Å². The van der Waals surface area contributed by atoms with Gasteiger partial charge in [-0.3, -0.25) is 4.79 Å². The molecule has 0 aromatic carbocycles. The first-order valence-corrected chi connectivity index (χ1v) is 7.51. The largest absolute Gasteiger partial charge is 0.390 e. The number of primary amides is 1. The fourth-order valence-electron chi connectivity index (χ4n) is 3.23. The van der Waals surface area contributed by atoms with Crippen LogP contribution in [0.1, 0.15) is 39.0 Å². The van der Waals surface area contributed by atoms with Crippen LogP contribution in [0, 0.1) is 5.92 Å². The number of rotatable bonds is 8. The summed E-state index contributed by atoms with van der Waals surface area (Å²) in [5, 5.41) is 3.21. The van der Waals surface area contributed by atoms with Crippen molar-refractivity contribution < 1.29 is 18.0 Å². The van der Waals surface area contributed by atoms with E-state index >= 15 is 0 Å². The van der Waals surface area contributed by atoms with Gasteiger partial charge in [0.15, 0.2) is 0 Å². The van der Waals surface area contributed by atoms with Crippen molar-refractivity contribution in [3.05, 3.63) is 0 Å². The van der Waals surface area contributed by atoms with E-state index in [1.807, 2.05) is 6.92 Å². The highest BCUT2D eigenvalue weighted by Gasteiger charge is 2.46. The summed E-state index contributed by atoms with van der Waals surface area (Å²) in [6.45, 7) is 3.11. The number of amides is 1. The van der Waals surface area contributed by atoms with Crippen molar-refractivity contribution in [2.45, 2.75) is 50.7 Å². The Morgan fingerprint density at radius 1 is 1.43 bits per heavy atom. The smallest absolute Gasteiger partial charge is 0.368 e. The maximum absolute atomic E-state index is 12.2. The van der Waals surface area contributed by atoms with E-state index < -0.39 is 18.1 Å². The number of nitrogens with zero attached hydrogens (tertiary/aromatic N) is 1. The Morgan fingerprint density at radius 2 is 2.10 bits per heavy atom. The molecule has 1 saturated carbocycles. The second-order valence-corrected chi connectivity index (χ2v) is 5.91. The molecular weight excluding hydrogens is 283 g/mol. The van der Waals surface area contributed by atoms with Crippen LogP contribution < -0.4 is 11.1 Å². The molecule has 1 rings (SSSR count). The van der Waals surface area contributed by atoms with Crippen LogP contribution in [0.5, 0.6) is 0 Å². The molecule has 0 saturated heterocycles. The first-order valence-electron chi connectivity index (χ1n) is 7.51. The molecule has 0 aromatic heterocycles. The maximum Gasteiger partial charge on any atom is 0.390 e. The van der Waals surface area contributed by atoms with E-state index in [0.29, 0.717) is 25.9 Å². The molecule has 0 heterocycles. The van der Waals surface area contributed by atoms with Gasteiger partial charge in [-0.1, -0.05) is 13.3 Å². The lowest BCUT2D eigenvalue weighted by molar-refractivity contribution is -0.137. The van der Waals surface area contributed by atoms with Crippen LogP contribution in [0.25, 0.3) is 0 Å². The molecule has 1 amide bonds. The van der Waals surface area contributed by atoms with Crippen molar-refractivity contribution in [2.75, 3.05) is 26.7 Å². The summed E-state index contributed by atoms with van der Waals surface area (Å²) in [5.74, 6) is -0.243. The van der Waals surface area contributed by atoms with Gasteiger partial charge in [0.1, 0.15) is 5.54 Å². The number of likely N-dealkylation sites (N-methyl/N-ethyl adjacent to an activating group) is 1. The molecule has 0 aliphatic heterocycles. The van der Waals surface area contributed by atoms with Crippen molar-refractivity contribution in [3.63, 3.8) is 0 Å². The second kappa shape index (κ2) is 7.45. The van der Waals surface area contributed by atoms with Crippen LogP contribution in [0.3, 0.4) is 0 Å². The van der Waals surface area contributed by atoms with Crippen LogP contribution in [0.4, 0.5) is 13.2 Å². The fraction of sp³-hybridized carbons (Fsp3) is 0.929. The van der Waals surface area contributed by atoms with Crippen LogP contribution in [0.15, 0.2) is 0 Å². The van der Waals surface area contributed by atoms with Gasteiger partial charge < -0.3 is 16.0 Å². The average Bonchev–Trinajstić information content (AvgIpc) is 2.78. The lowest BCUT2D eigenvalue weighted by atomic mass is 9.83.